The highest BCUT2D eigenvalue weighted by Crippen LogP contribution is 2.33. The summed E-state index contributed by atoms with van der Waals surface area (Å²) >= 11 is 0. The van der Waals surface area contributed by atoms with Crippen molar-refractivity contribution in [2.24, 2.45) is 0 Å². The van der Waals surface area contributed by atoms with Crippen LogP contribution in [-0.4, -0.2) is 56.3 Å². The smallest absolute Gasteiger partial charge is 0.159 e. The van der Waals surface area contributed by atoms with E-state index in [1.807, 2.05) is 43.7 Å². The third kappa shape index (κ3) is 5.08. The van der Waals surface area contributed by atoms with Crippen molar-refractivity contribution in [3.05, 3.63) is 72.9 Å². The standard InChI is InChI=1S/C30H30FN9/c1-17(2)36-23-12-20(15-33-16-23)18-4-5-25-24(13-18)28(40-39-25)30-37-26-6-7-35-27(29(26)38-30)19-10-21(31)14-22(11-19)34-9-8-32-3/h4-7,10-17,32,34,36H,8-9H2,1-3H3,(H,37,38)(H,39,40). The third-order valence-corrected chi connectivity index (χ3v) is 6.59. The van der Waals surface area contributed by atoms with Crippen molar-refractivity contribution < 1.29 is 4.39 Å². The first kappa shape index (κ1) is 25.4. The van der Waals surface area contributed by atoms with Crippen molar-refractivity contribution in [1.29, 1.82) is 0 Å². The molecule has 0 amide bonds. The number of rotatable bonds is 9. The number of H-pyrrole nitrogens is 2. The molecule has 0 aliphatic heterocycles. The third-order valence-electron chi connectivity index (χ3n) is 6.59. The molecule has 0 saturated heterocycles. The average Bonchev–Trinajstić information content (AvgIpc) is 3.56. The number of aromatic nitrogens is 6. The van der Waals surface area contributed by atoms with Crippen LogP contribution in [0.1, 0.15) is 13.8 Å². The minimum Gasteiger partial charge on any atom is -0.384 e. The van der Waals surface area contributed by atoms with Gasteiger partial charge in [-0.2, -0.15) is 5.10 Å². The van der Waals surface area contributed by atoms with Gasteiger partial charge < -0.3 is 20.9 Å². The van der Waals surface area contributed by atoms with Crippen LogP contribution in [0.3, 0.4) is 0 Å². The molecule has 0 bridgehead atoms. The van der Waals surface area contributed by atoms with Gasteiger partial charge in [-0.25, -0.2) is 9.37 Å². The van der Waals surface area contributed by atoms with Gasteiger partial charge in [0.1, 0.15) is 17.0 Å². The van der Waals surface area contributed by atoms with Gasteiger partial charge in [0, 0.05) is 59.9 Å². The lowest BCUT2D eigenvalue weighted by molar-refractivity contribution is 0.628. The summed E-state index contributed by atoms with van der Waals surface area (Å²) in [5, 5.41) is 18.3. The summed E-state index contributed by atoms with van der Waals surface area (Å²) in [6.45, 7) is 5.63. The normalized spacial score (nSPS) is 11.5. The Morgan fingerprint density at radius 2 is 1.75 bits per heavy atom. The van der Waals surface area contributed by atoms with E-state index in [-0.39, 0.29) is 5.82 Å². The second-order valence-corrected chi connectivity index (χ2v) is 9.99. The van der Waals surface area contributed by atoms with Gasteiger partial charge in [-0.1, -0.05) is 6.07 Å². The zero-order chi connectivity index (χ0) is 27.6. The molecule has 0 unspecified atom stereocenters. The molecule has 0 aliphatic rings. The summed E-state index contributed by atoms with van der Waals surface area (Å²) < 4.78 is 14.6. The van der Waals surface area contributed by atoms with Crippen LogP contribution in [-0.2, 0) is 0 Å². The lowest BCUT2D eigenvalue weighted by atomic mass is 10.0. The molecule has 0 spiro atoms. The van der Waals surface area contributed by atoms with Gasteiger partial charge in [0.2, 0.25) is 0 Å². The van der Waals surface area contributed by atoms with Gasteiger partial charge >= 0.3 is 0 Å². The molecular formula is C30H30FN9. The molecule has 6 aromatic rings. The summed E-state index contributed by atoms with van der Waals surface area (Å²) in [5.41, 5.74) is 7.94. The molecule has 4 aromatic heterocycles. The molecule has 40 heavy (non-hydrogen) atoms. The van der Waals surface area contributed by atoms with Crippen LogP contribution < -0.4 is 16.0 Å². The number of halogens is 1. The number of imidazole rings is 1. The van der Waals surface area contributed by atoms with Crippen molar-refractivity contribution in [2.75, 3.05) is 30.8 Å². The number of anilines is 2. The highest BCUT2D eigenvalue weighted by Gasteiger charge is 2.17. The Balaban J connectivity index is 1.39. The van der Waals surface area contributed by atoms with Crippen LogP contribution in [0.4, 0.5) is 15.8 Å². The van der Waals surface area contributed by atoms with Gasteiger partial charge in [-0.15, -0.1) is 0 Å². The summed E-state index contributed by atoms with van der Waals surface area (Å²) in [4.78, 5) is 17.3. The van der Waals surface area contributed by atoms with E-state index >= 15 is 0 Å². The second kappa shape index (κ2) is 10.7. The van der Waals surface area contributed by atoms with E-state index in [9.17, 15) is 4.39 Å². The zero-order valence-electron chi connectivity index (χ0n) is 22.5. The molecule has 202 valence electrons. The number of hydrogen-bond donors (Lipinski definition) is 5. The average molecular weight is 536 g/mol. The lowest BCUT2D eigenvalue weighted by Gasteiger charge is -2.11. The predicted molar refractivity (Wildman–Crippen MR) is 159 cm³/mol. The SMILES string of the molecule is CNCCNc1cc(F)cc(-c2nccc3[nH]c(-c4n[nH]c5ccc(-c6cncc(NC(C)C)c6)cc45)nc23)c1. The minimum atomic E-state index is -0.341. The lowest BCUT2D eigenvalue weighted by Crippen LogP contribution is -2.17. The van der Waals surface area contributed by atoms with Crippen molar-refractivity contribution in [2.45, 2.75) is 19.9 Å². The molecule has 0 fully saturated rings. The Morgan fingerprint density at radius 3 is 2.60 bits per heavy atom. The highest BCUT2D eigenvalue weighted by molar-refractivity contribution is 5.97. The Bertz CT molecular complexity index is 1800. The minimum absolute atomic E-state index is 0.307. The quantitative estimate of drug-likeness (QED) is 0.148. The predicted octanol–water partition coefficient (Wildman–Crippen LogP) is 5.82. The Hall–Kier alpha value is -4.83. The number of fused-ring (bicyclic) bond motifs is 2. The van der Waals surface area contributed by atoms with Crippen molar-refractivity contribution in [1.82, 2.24) is 35.5 Å². The molecular weight excluding hydrogens is 505 g/mol. The molecule has 0 atom stereocenters. The van der Waals surface area contributed by atoms with E-state index in [2.05, 4.69) is 67.1 Å². The fraction of sp³-hybridized carbons (Fsp3) is 0.200. The van der Waals surface area contributed by atoms with E-state index in [0.29, 0.717) is 46.6 Å². The maximum absolute atomic E-state index is 14.6. The van der Waals surface area contributed by atoms with Gasteiger partial charge in [-0.05, 0) is 68.9 Å². The maximum Gasteiger partial charge on any atom is 0.159 e. The fourth-order valence-electron chi connectivity index (χ4n) is 4.80. The molecule has 10 heteroatoms. The summed E-state index contributed by atoms with van der Waals surface area (Å²) in [6, 6.07) is 15.3. The van der Waals surface area contributed by atoms with E-state index in [1.165, 1.54) is 12.1 Å². The second-order valence-electron chi connectivity index (χ2n) is 9.99. The molecule has 4 heterocycles. The molecule has 0 saturated carbocycles. The Morgan fingerprint density at radius 1 is 0.875 bits per heavy atom. The molecule has 9 nitrogen and oxygen atoms in total. The largest absolute Gasteiger partial charge is 0.384 e. The monoisotopic (exact) mass is 535 g/mol. The molecule has 0 aliphatic carbocycles. The Labute approximate surface area is 230 Å². The van der Waals surface area contributed by atoms with Crippen LogP contribution in [0.15, 0.2) is 67.1 Å². The Kier molecular flexibility index (Phi) is 6.83. The van der Waals surface area contributed by atoms with Gasteiger partial charge in [0.05, 0.1) is 22.4 Å². The highest BCUT2D eigenvalue weighted by atomic mass is 19.1. The number of likely N-dealkylation sites (N-methyl/N-ethyl adjacent to an activating group) is 1. The van der Waals surface area contributed by atoms with Gasteiger partial charge in [-0.3, -0.25) is 15.1 Å². The summed E-state index contributed by atoms with van der Waals surface area (Å²) in [5.74, 6) is 0.261. The fourth-order valence-corrected chi connectivity index (χ4v) is 4.80. The van der Waals surface area contributed by atoms with Crippen molar-refractivity contribution >= 4 is 33.3 Å². The van der Waals surface area contributed by atoms with E-state index < -0.39 is 0 Å². The van der Waals surface area contributed by atoms with Gasteiger partial charge in [0.25, 0.3) is 0 Å². The summed E-state index contributed by atoms with van der Waals surface area (Å²) in [7, 11) is 1.88. The summed E-state index contributed by atoms with van der Waals surface area (Å²) in [6.07, 6.45) is 5.38. The zero-order valence-corrected chi connectivity index (χ0v) is 22.5. The molecule has 2 aromatic carbocycles. The number of nitrogens with one attached hydrogen (secondary N) is 5. The van der Waals surface area contributed by atoms with Crippen molar-refractivity contribution in [3.63, 3.8) is 0 Å². The van der Waals surface area contributed by atoms with E-state index in [0.717, 1.165) is 39.8 Å². The van der Waals surface area contributed by atoms with Crippen LogP contribution in [0.5, 0.6) is 0 Å². The number of benzene rings is 2. The van der Waals surface area contributed by atoms with Gasteiger partial charge in [0.15, 0.2) is 5.82 Å². The number of aromatic amines is 2. The molecule has 6 rings (SSSR count). The van der Waals surface area contributed by atoms with Crippen LogP contribution in [0, 0.1) is 5.82 Å². The number of nitrogens with zero attached hydrogens (tertiary/aromatic N) is 4. The number of hydrogen-bond acceptors (Lipinski definition) is 7. The first-order chi connectivity index (χ1) is 19.5. The molecule has 0 radical (unpaired) electrons. The number of pyridine rings is 2. The van der Waals surface area contributed by atoms with Crippen molar-refractivity contribution in [3.8, 4) is 33.9 Å². The first-order valence-electron chi connectivity index (χ1n) is 13.2. The topological polar surface area (TPSA) is 119 Å². The molecule has 5 N–H and O–H groups in total. The van der Waals surface area contributed by atoms with Crippen LogP contribution in [0.25, 0.3) is 55.8 Å². The van der Waals surface area contributed by atoms with E-state index in [1.54, 1.807) is 6.20 Å². The van der Waals surface area contributed by atoms with Crippen LogP contribution >= 0.6 is 0 Å². The van der Waals surface area contributed by atoms with E-state index in [4.69, 9.17) is 4.98 Å². The maximum atomic E-state index is 14.6. The first-order valence-corrected chi connectivity index (χ1v) is 13.2. The van der Waals surface area contributed by atoms with Crippen LogP contribution in [0.2, 0.25) is 0 Å².